The molecule has 0 heteroatoms. The van der Waals surface area contributed by atoms with Gasteiger partial charge in [0.2, 0.25) is 0 Å². The van der Waals surface area contributed by atoms with Crippen molar-refractivity contribution in [1.82, 2.24) is 0 Å². The molecule has 0 radical (unpaired) electrons. The van der Waals surface area contributed by atoms with Gasteiger partial charge in [0.05, 0.1) is 0 Å². The smallest absolute Gasteiger partial charge is 0.0386 e. The summed E-state index contributed by atoms with van der Waals surface area (Å²) in [5.74, 6) is 4.67. The van der Waals surface area contributed by atoms with Crippen molar-refractivity contribution in [1.29, 1.82) is 0 Å². The Labute approximate surface area is 276 Å². The maximum atomic E-state index is 2.38. The number of unbranched alkanes of at least 4 members (excludes halogenated alkanes) is 20. The van der Waals surface area contributed by atoms with E-state index in [0.717, 1.165) is 29.6 Å². The van der Waals surface area contributed by atoms with E-state index in [-0.39, 0.29) is 0 Å². The first kappa shape index (κ1) is 43.0. The molecule has 0 saturated carbocycles. The highest BCUT2D eigenvalue weighted by Crippen LogP contribution is 2.34. The second-order valence-electron chi connectivity index (χ2n) is 16.4. The summed E-state index contributed by atoms with van der Waals surface area (Å²) in [6.45, 7) is 16.6. The van der Waals surface area contributed by atoms with Gasteiger partial charge in [0.15, 0.2) is 0 Å². The zero-order chi connectivity index (χ0) is 31.8. The molecule has 0 heterocycles. The van der Waals surface area contributed by atoms with Crippen LogP contribution in [0.15, 0.2) is 0 Å². The molecular weight excluding hydrogens is 516 g/mol. The van der Waals surface area contributed by atoms with Crippen LogP contribution in [0.3, 0.4) is 0 Å². The Hall–Kier alpha value is 0. The SMILES string of the molecule is CCCCCCCCCCCC(CCCCCCCC(C)C)C(CCCCCCCC(C)C)CCCCCCCC(C)C. The second kappa shape index (κ2) is 33.4. The van der Waals surface area contributed by atoms with Gasteiger partial charge in [-0.1, -0.05) is 248 Å². The summed E-state index contributed by atoms with van der Waals surface area (Å²) in [4.78, 5) is 0. The molecule has 260 valence electrons. The molecule has 0 fully saturated rings. The standard InChI is InChI=1S/C43H88/c1-8-9-10-11-12-13-14-21-28-35-42(36-29-22-15-18-25-32-39(2)3)43(37-30-23-16-19-26-33-40(4)5)38-31-24-17-20-27-34-41(6)7/h39-43H,8-38H2,1-7H3. The molecule has 0 rings (SSSR count). The van der Waals surface area contributed by atoms with Crippen LogP contribution in [0.25, 0.3) is 0 Å². The van der Waals surface area contributed by atoms with Crippen molar-refractivity contribution in [2.24, 2.45) is 29.6 Å². The molecule has 0 aromatic rings. The zero-order valence-corrected chi connectivity index (χ0v) is 31.8. The van der Waals surface area contributed by atoms with E-state index in [4.69, 9.17) is 0 Å². The molecular formula is C43H88. The highest BCUT2D eigenvalue weighted by atomic mass is 14.3. The Bertz CT molecular complexity index is 480. The van der Waals surface area contributed by atoms with Gasteiger partial charge < -0.3 is 0 Å². The lowest BCUT2D eigenvalue weighted by Crippen LogP contribution is -2.16. The average molecular weight is 605 g/mol. The number of hydrogen-bond acceptors (Lipinski definition) is 0. The van der Waals surface area contributed by atoms with Gasteiger partial charge in [-0.05, 0) is 29.6 Å². The third-order valence-corrected chi connectivity index (χ3v) is 10.4. The van der Waals surface area contributed by atoms with Crippen molar-refractivity contribution >= 4 is 0 Å². The Morgan fingerprint density at radius 2 is 0.419 bits per heavy atom. The van der Waals surface area contributed by atoms with E-state index < -0.39 is 0 Å². The van der Waals surface area contributed by atoms with Crippen molar-refractivity contribution in [3.05, 3.63) is 0 Å². The molecule has 0 aromatic carbocycles. The molecule has 0 aromatic heterocycles. The van der Waals surface area contributed by atoms with Crippen LogP contribution in [0.5, 0.6) is 0 Å². The molecule has 1 atom stereocenters. The van der Waals surface area contributed by atoms with Gasteiger partial charge in [0.25, 0.3) is 0 Å². The predicted octanol–water partition coefficient (Wildman–Crippen LogP) is 16.3. The van der Waals surface area contributed by atoms with Crippen LogP contribution in [0.4, 0.5) is 0 Å². The lowest BCUT2D eigenvalue weighted by molar-refractivity contribution is 0.236. The highest BCUT2D eigenvalue weighted by Gasteiger charge is 2.20. The van der Waals surface area contributed by atoms with Crippen molar-refractivity contribution in [2.45, 2.75) is 248 Å². The molecule has 0 nitrogen and oxygen atoms in total. The molecule has 0 spiro atoms. The van der Waals surface area contributed by atoms with Gasteiger partial charge in [-0.3, -0.25) is 0 Å². The van der Waals surface area contributed by atoms with E-state index >= 15 is 0 Å². The summed E-state index contributed by atoms with van der Waals surface area (Å²) in [6, 6.07) is 0. The van der Waals surface area contributed by atoms with E-state index in [2.05, 4.69) is 48.5 Å². The van der Waals surface area contributed by atoms with Gasteiger partial charge in [0.1, 0.15) is 0 Å². The average Bonchev–Trinajstić information content (AvgIpc) is 2.96. The summed E-state index contributed by atoms with van der Waals surface area (Å²) in [7, 11) is 0. The minimum Gasteiger partial charge on any atom is -0.0654 e. The van der Waals surface area contributed by atoms with Crippen molar-refractivity contribution in [3.63, 3.8) is 0 Å². The summed E-state index contributed by atoms with van der Waals surface area (Å²) >= 11 is 0. The number of rotatable bonds is 35. The van der Waals surface area contributed by atoms with Crippen molar-refractivity contribution in [2.75, 3.05) is 0 Å². The molecule has 0 saturated heterocycles. The minimum atomic E-state index is 0.881. The molecule has 0 aliphatic carbocycles. The fourth-order valence-electron chi connectivity index (χ4n) is 7.42. The van der Waals surface area contributed by atoms with Crippen molar-refractivity contribution < 1.29 is 0 Å². The maximum Gasteiger partial charge on any atom is -0.0386 e. The molecule has 0 amide bonds. The van der Waals surface area contributed by atoms with Crippen LogP contribution in [0, 0.1) is 29.6 Å². The Morgan fingerprint density at radius 3 is 0.628 bits per heavy atom. The summed E-state index contributed by atoms with van der Waals surface area (Å²) < 4.78 is 0. The quantitative estimate of drug-likeness (QED) is 0.0631. The second-order valence-corrected chi connectivity index (χ2v) is 16.4. The fraction of sp³-hybridized carbons (Fsp3) is 1.00. The van der Waals surface area contributed by atoms with Crippen LogP contribution >= 0.6 is 0 Å². The monoisotopic (exact) mass is 605 g/mol. The van der Waals surface area contributed by atoms with Crippen LogP contribution in [0.1, 0.15) is 248 Å². The summed E-state index contributed by atoms with van der Waals surface area (Å²) in [5, 5.41) is 0. The third-order valence-electron chi connectivity index (χ3n) is 10.4. The topological polar surface area (TPSA) is 0 Å². The van der Waals surface area contributed by atoms with Crippen molar-refractivity contribution in [3.8, 4) is 0 Å². The van der Waals surface area contributed by atoms with E-state index in [1.165, 1.54) is 199 Å². The first-order chi connectivity index (χ1) is 20.9. The zero-order valence-electron chi connectivity index (χ0n) is 31.8. The maximum absolute atomic E-state index is 2.38. The predicted molar refractivity (Wildman–Crippen MR) is 200 cm³/mol. The van der Waals surface area contributed by atoms with E-state index in [9.17, 15) is 0 Å². The normalized spacial score (nSPS) is 12.9. The van der Waals surface area contributed by atoms with E-state index in [1.807, 2.05) is 0 Å². The first-order valence-electron chi connectivity index (χ1n) is 20.9. The molecule has 0 aliphatic heterocycles. The van der Waals surface area contributed by atoms with Gasteiger partial charge in [-0.15, -0.1) is 0 Å². The van der Waals surface area contributed by atoms with Gasteiger partial charge >= 0.3 is 0 Å². The highest BCUT2D eigenvalue weighted by molar-refractivity contribution is 4.72. The lowest BCUT2D eigenvalue weighted by atomic mass is 9.78. The van der Waals surface area contributed by atoms with E-state index in [0.29, 0.717) is 0 Å². The first-order valence-corrected chi connectivity index (χ1v) is 20.9. The largest absolute Gasteiger partial charge is 0.0654 e. The molecule has 0 bridgehead atoms. The third kappa shape index (κ3) is 33.2. The molecule has 1 unspecified atom stereocenters. The number of hydrogen-bond donors (Lipinski definition) is 0. The molecule has 0 aliphatic rings. The summed E-state index contributed by atoms with van der Waals surface area (Å²) in [6.07, 6.45) is 45.9. The Balaban J connectivity index is 4.81. The van der Waals surface area contributed by atoms with Crippen LogP contribution in [0.2, 0.25) is 0 Å². The Morgan fingerprint density at radius 1 is 0.233 bits per heavy atom. The van der Waals surface area contributed by atoms with Gasteiger partial charge in [0, 0.05) is 0 Å². The van der Waals surface area contributed by atoms with Crippen LogP contribution < -0.4 is 0 Å². The van der Waals surface area contributed by atoms with Crippen LogP contribution in [-0.4, -0.2) is 0 Å². The van der Waals surface area contributed by atoms with Gasteiger partial charge in [-0.2, -0.15) is 0 Å². The molecule has 43 heavy (non-hydrogen) atoms. The summed E-state index contributed by atoms with van der Waals surface area (Å²) in [5.41, 5.74) is 0. The van der Waals surface area contributed by atoms with Crippen LogP contribution in [-0.2, 0) is 0 Å². The lowest BCUT2D eigenvalue weighted by Gasteiger charge is -2.28. The Kier molecular flexibility index (Phi) is 33.4. The van der Waals surface area contributed by atoms with E-state index in [1.54, 1.807) is 0 Å². The molecule has 0 N–H and O–H groups in total. The minimum absolute atomic E-state index is 0.881. The van der Waals surface area contributed by atoms with Gasteiger partial charge in [-0.25, -0.2) is 0 Å². The fourth-order valence-corrected chi connectivity index (χ4v) is 7.42.